The number of ether oxygens (including phenoxy) is 1. The third-order valence-electron chi connectivity index (χ3n) is 5.68. The van der Waals surface area contributed by atoms with E-state index in [1.807, 2.05) is 18.2 Å². The van der Waals surface area contributed by atoms with Crippen molar-refractivity contribution in [2.45, 2.75) is 19.3 Å². The Morgan fingerprint density at radius 2 is 2.03 bits per heavy atom. The number of aryl methyl sites for hydroxylation is 2. The summed E-state index contributed by atoms with van der Waals surface area (Å²) in [5.41, 5.74) is 2.45. The second kappa shape index (κ2) is 7.58. The minimum Gasteiger partial charge on any atom is -0.477 e. The smallest absolute Gasteiger partial charge is 0.286 e. The molecule has 6 nitrogen and oxygen atoms in total. The van der Waals surface area contributed by atoms with E-state index in [0.29, 0.717) is 41.3 Å². The molecule has 31 heavy (non-hydrogen) atoms. The molecule has 0 spiro atoms. The summed E-state index contributed by atoms with van der Waals surface area (Å²) in [5, 5.41) is 1.13. The highest BCUT2D eigenvalue weighted by Crippen LogP contribution is 2.47. The lowest BCUT2D eigenvalue weighted by Crippen LogP contribution is -2.19. The highest BCUT2D eigenvalue weighted by molar-refractivity contribution is 5.78. The SMILES string of the molecule is Cc1ncc(-c2cc(F)c(=O)n(C)c2)c(OCC2C[C@H]2c2ccc3ccccc3n2)n1. The van der Waals surface area contributed by atoms with Gasteiger partial charge in [0.2, 0.25) is 5.88 Å². The molecule has 0 saturated heterocycles. The van der Waals surface area contributed by atoms with Crippen molar-refractivity contribution in [3.8, 4) is 17.0 Å². The van der Waals surface area contributed by atoms with Crippen LogP contribution in [0.5, 0.6) is 5.88 Å². The van der Waals surface area contributed by atoms with Crippen LogP contribution >= 0.6 is 0 Å². The fraction of sp³-hybridized carbons (Fsp3) is 0.250. The van der Waals surface area contributed by atoms with Gasteiger partial charge in [-0.2, -0.15) is 4.98 Å². The lowest BCUT2D eigenvalue weighted by Gasteiger charge is -2.12. The van der Waals surface area contributed by atoms with E-state index in [2.05, 4.69) is 28.2 Å². The molecule has 0 bridgehead atoms. The number of fused-ring (bicyclic) bond motifs is 1. The van der Waals surface area contributed by atoms with E-state index in [9.17, 15) is 9.18 Å². The third-order valence-corrected chi connectivity index (χ3v) is 5.68. The molecule has 7 heteroatoms. The van der Waals surface area contributed by atoms with Gasteiger partial charge in [-0.05, 0) is 31.5 Å². The Hall–Kier alpha value is -3.61. The summed E-state index contributed by atoms with van der Waals surface area (Å²) in [4.78, 5) is 25.1. The monoisotopic (exact) mass is 416 g/mol. The predicted molar refractivity (Wildman–Crippen MR) is 115 cm³/mol. The van der Waals surface area contributed by atoms with Crippen LogP contribution in [0, 0.1) is 18.7 Å². The number of nitrogens with zero attached hydrogens (tertiary/aromatic N) is 4. The van der Waals surface area contributed by atoms with E-state index >= 15 is 0 Å². The molecule has 1 aliphatic rings. The van der Waals surface area contributed by atoms with E-state index < -0.39 is 11.4 Å². The first-order valence-corrected chi connectivity index (χ1v) is 10.2. The van der Waals surface area contributed by atoms with Gasteiger partial charge in [0.25, 0.3) is 5.56 Å². The van der Waals surface area contributed by atoms with Crippen LogP contribution in [0.3, 0.4) is 0 Å². The lowest BCUT2D eigenvalue weighted by molar-refractivity contribution is 0.285. The van der Waals surface area contributed by atoms with Crippen molar-refractivity contribution in [1.82, 2.24) is 19.5 Å². The summed E-state index contributed by atoms with van der Waals surface area (Å²) in [5.74, 6) is 0.825. The number of benzene rings is 1. The van der Waals surface area contributed by atoms with Gasteiger partial charge in [0.05, 0.1) is 17.7 Å². The summed E-state index contributed by atoms with van der Waals surface area (Å²) < 4.78 is 21.3. The van der Waals surface area contributed by atoms with Crippen LogP contribution in [-0.2, 0) is 7.05 Å². The largest absolute Gasteiger partial charge is 0.477 e. The van der Waals surface area contributed by atoms with Crippen LogP contribution in [0.25, 0.3) is 22.0 Å². The fourth-order valence-electron chi connectivity index (χ4n) is 3.84. The summed E-state index contributed by atoms with van der Waals surface area (Å²) >= 11 is 0. The molecule has 5 rings (SSSR count). The average molecular weight is 416 g/mol. The van der Waals surface area contributed by atoms with E-state index in [4.69, 9.17) is 9.72 Å². The topological polar surface area (TPSA) is 69.9 Å². The zero-order chi connectivity index (χ0) is 21.5. The number of hydrogen-bond acceptors (Lipinski definition) is 5. The number of aromatic nitrogens is 4. The molecule has 2 atom stereocenters. The lowest BCUT2D eigenvalue weighted by atomic mass is 10.1. The third kappa shape index (κ3) is 3.79. The molecular weight excluding hydrogens is 395 g/mol. The molecule has 4 aromatic rings. The van der Waals surface area contributed by atoms with E-state index in [1.165, 1.54) is 17.7 Å². The fourth-order valence-corrected chi connectivity index (χ4v) is 3.84. The van der Waals surface area contributed by atoms with Gasteiger partial charge in [-0.25, -0.2) is 9.37 Å². The predicted octanol–water partition coefficient (Wildman–Crippen LogP) is 4.02. The molecule has 1 aliphatic carbocycles. The van der Waals surface area contributed by atoms with Crippen molar-refractivity contribution in [2.75, 3.05) is 6.61 Å². The van der Waals surface area contributed by atoms with Crippen LogP contribution in [0.15, 0.2) is 59.7 Å². The molecule has 1 fully saturated rings. The van der Waals surface area contributed by atoms with Crippen LogP contribution in [-0.4, -0.2) is 26.1 Å². The Labute approximate surface area is 178 Å². The molecule has 3 aromatic heterocycles. The minimum absolute atomic E-state index is 0.341. The first-order valence-electron chi connectivity index (χ1n) is 10.2. The van der Waals surface area contributed by atoms with Gasteiger partial charge in [0.15, 0.2) is 5.82 Å². The molecule has 1 saturated carbocycles. The average Bonchev–Trinajstić information content (AvgIpc) is 3.55. The summed E-state index contributed by atoms with van der Waals surface area (Å²) in [6.07, 6.45) is 4.16. The zero-order valence-electron chi connectivity index (χ0n) is 17.2. The molecule has 0 aliphatic heterocycles. The van der Waals surface area contributed by atoms with Crippen LogP contribution < -0.4 is 10.3 Å². The number of pyridine rings is 2. The van der Waals surface area contributed by atoms with Crippen molar-refractivity contribution >= 4 is 10.9 Å². The van der Waals surface area contributed by atoms with E-state index in [-0.39, 0.29) is 0 Å². The summed E-state index contributed by atoms with van der Waals surface area (Å²) in [7, 11) is 1.51. The maximum absolute atomic E-state index is 14.0. The Kier molecular flexibility index (Phi) is 4.73. The van der Waals surface area contributed by atoms with Gasteiger partial charge >= 0.3 is 0 Å². The Balaban J connectivity index is 1.35. The molecule has 0 radical (unpaired) electrons. The quantitative estimate of drug-likeness (QED) is 0.491. The van der Waals surface area contributed by atoms with E-state index in [1.54, 1.807) is 19.3 Å². The first kappa shape index (κ1) is 19.4. The van der Waals surface area contributed by atoms with Gasteiger partial charge < -0.3 is 9.30 Å². The van der Waals surface area contributed by atoms with Crippen molar-refractivity contribution in [1.29, 1.82) is 0 Å². The first-order chi connectivity index (χ1) is 15.0. The van der Waals surface area contributed by atoms with Gasteiger partial charge in [-0.15, -0.1) is 0 Å². The molecule has 3 heterocycles. The Morgan fingerprint density at radius 3 is 2.87 bits per heavy atom. The van der Waals surface area contributed by atoms with Crippen molar-refractivity contribution in [2.24, 2.45) is 13.0 Å². The van der Waals surface area contributed by atoms with Gasteiger partial charge in [0.1, 0.15) is 5.82 Å². The van der Waals surface area contributed by atoms with Crippen molar-refractivity contribution in [3.63, 3.8) is 0 Å². The van der Waals surface area contributed by atoms with E-state index in [0.717, 1.165) is 23.0 Å². The summed E-state index contributed by atoms with van der Waals surface area (Å²) in [6, 6.07) is 13.5. The van der Waals surface area contributed by atoms with Crippen molar-refractivity contribution < 1.29 is 9.13 Å². The van der Waals surface area contributed by atoms with Gasteiger partial charge in [-0.3, -0.25) is 9.78 Å². The van der Waals surface area contributed by atoms with Crippen LogP contribution in [0.4, 0.5) is 4.39 Å². The number of hydrogen-bond donors (Lipinski definition) is 0. The Morgan fingerprint density at radius 1 is 1.19 bits per heavy atom. The molecule has 1 unspecified atom stereocenters. The molecule has 1 aromatic carbocycles. The highest BCUT2D eigenvalue weighted by Gasteiger charge is 2.40. The van der Waals surface area contributed by atoms with Crippen LogP contribution in [0.1, 0.15) is 23.9 Å². The highest BCUT2D eigenvalue weighted by atomic mass is 19.1. The van der Waals surface area contributed by atoms with Gasteiger partial charge in [-0.1, -0.05) is 24.3 Å². The normalized spacial score (nSPS) is 17.6. The van der Waals surface area contributed by atoms with Crippen molar-refractivity contribution in [3.05, 3.63) is 82.5 Å². The zero-order valence-corrected chi connectivity index (χ0v) is 17.2. The molecule has 0 N–H and O–H groups in total. The second-order valence-electron chi connectivity index (χ2n) is 7.97. The second-order valence-corrected chi connectivity index (χ2v) is 7.97. The molecule has 156 valence electrons. The number of rotatable bonds is 5. The maximum Gasteiger partial charge on any atom is 0.286 e. The standard InChI is InChI=1S/C24H21FN4O2/c1-14-26-11-19(16-10-20(25)24(30)29(2)12-16)23(27-14)31-13-17-9-18(17)22-8-7-15-5-3-4-6-21(15)28-22/h3-8,10-12,17-18H,9,13H2,1-2H3/t17?,18-/m1/s1. The summed E-state index contributed by atoms with van der Waals surface area (Å²) in [6.45, 7) is 2.26. The molecule has 0 amide bonds. The maximum atomic E-state index is 14.0. The molecular formula is C24H21FN4O2. The number of halogens is 1. The van der Waals surface area contributed by atoms with Crippen LogP contribution in [0.2, 0.25) is 0 Å². The Bertz CT molecular complexity index is 1320. The minimum atomic E-state index is -0.823. The number of para-hydroxylation sites is 1. The van der Waals surface area contributed by atoms with Gasteiger partial charge in [0, 0.05) is 47.9 Å².